The van der Waals surface area contributed by atoms with E-state index < -0.39 is 0 Å². The van der Waals surface area contributed by atoms with Gasteiger partial charge in [-0.25, -0.2) is 9.67 Å². The van der Waals surface area contributed by atoms with Crippen LogP contribution in [0.5, 0.6) is 0 Å². The van der Waals surface area contributed by atoms with Gasteiger partial charge in [0.15, 0.2) is 5.65 Å². The summed E-state index contributed by atoms with van der Waals surface area (Å²) in [5.41, 5.74) is 10.1. The van der Waals surface area contributed by atoms with Crippen molar-refractivity contribution in [2.45, 2.75) is 24.8 Å². The van der Waals surface area contributed by atoms with Crippen LogP contribution in [0.25, 0.3) is 11.2 Å². The fourth-order valence-corrected chi connectivity index (χ4v) is 4.67. The lowest BCUT2D eigenvalue weighted by Gasteiger charge is -2.36. The van der Waals surface area contributed by atoms with Crippen LogP contribution in [-0.4, -0.2) is 56.5 Å². The number of nitrogens with zero attached hydrogens (tertiary/aromatic N) is 5. The molecule has 2 fully saturated rings. The number of hydrogen-bond acceptors (Lipinski definition) is 6. The molecule has 2 unspecified atom stereocenters. The zero-order valence-corrected chi connectivity index (χ0v) is 16.5. The minimum absolute atomic E-state index is 0.0284. The molecule has 0 aliphatic carbocycles. The Morgan fingerprint density at radius 3 is 2.76 bits per heavy atom. The number of fused-ring (bicyclic) bond motifs is 1. The summed E-state index contributed by atoms with van der Waals surface area (Å²) >= 11 is 0. The minimum Gasteiger partial charge on any atom is -0.339 e. The maximum absolute atomic E-state index is 13.0. The molecule has 5 rings (SSSR count). The van der Waals surface area contributed by atoms with Crippen molar-refractivity contribution in [1.82, 2.24) is 35.7 Å². The van der Waals surface area contributed by atoms with Gasteiger partial charge in [0, 0.05) is 44.8 Å². The summed E-state index contributed by atoms with van der Waals surface area (Å²) in [6, 6.07) is 12.9. The summed E-state index contributed by atoms with van der Waals surface area (Å²) in [6.45, 7) is 2.47. The maximum atomic E-state index is 13.0. The Kier molecular flexibility index (Phi) is 4.73. The number of carbonyl (C=O) groups excluding carboxylic acids is 1. The van der Waals surface area contributed by atoms with Crippen molar-refractivity contribution in [1.29, 1.82) is 0 Å². The number of rotatable bonds is 3. The average molecular weight is 391 g/mol. The first-order valence-electron chi connectivity index (χ1n) is 10.2. The van der Waals surface area contributed by atoms with E-state index in [-0.39, 0.29) is 5.91 Å². The number of aromatic nitrogens is 4. The van der Waals surface area contributed by atoms with Gasteiger partial charge in [0.1, 0.15) is 5.52 Å². The van der Waals surface area contributed by atoms with Crippen molar-refractivity contribution in [2.24, 2.45) is 13.0 Å². The Hall–Kier alpha value is -2.84. The second kappa shape index (κ2) is 7.53. The number of pyridine rings is 1. The van der Waals surface area contributed by atoms with Crippen LogP contribution in [0.15, 0.2) is 42.6 Å². The van der Waals surface area contributed by atoms with Crippen molar-refractivity contribution < 1.29 is 4.79 Å². The molecule has 4 heterocycles. The molecule has 3 aromatic rings. The molecule has 1 aromatic carbocycles. The first kappa shape index (κ1) is 18.2. The molecule has 2 N–H and O–H groups in total. The van der Waals surface area contributed by atoms with E-state index in [0.717, 1.165) is 32.5 Å². The largest absolute Gasteiger partial charge is 0.339 e. The van der Waals surface area contributed by atoms with Crippen molar-refractivity contribution in [2.75, 3.05) is 19.6 Å². The van der Waals surface area contributed by atoms with E-state index in [4.69, 9.17) is 0 Å². The summed E-state index contributed by atoms with van der Waals surface area (Å²) < 4.78 is 1.61. The summed E-state index contributed by atoms with van der Waals surface area (Å²) in [4.78, 5) is 19.3. The molecule has 0 saturated carbocycles. The smallest absolute Gasteiger partial charge is 0.255 e. The lowest BCUT2D eigenvalue weighted by Crippen LogP contribution is -2.45. The summed E-state index contributed by atoms with van der Waals surface area (Å²) in [5, 5.41) is 8.03. The van der Waals surface area contributed by atoms with Crippen LogP contribution in [0.1, 0.15) is 34.7 Å². The predicted molar refractivity (Wildman–Crippen MR) is 109 cm³/mol. The van der Waals surface area contributed by atoms with Crippen molar-refractivity contribution in [3.63, 3.8) is 0 Å². The number of hydrazine groups is 1. The Bertz CT molecular complexity index is 1010. The first-order valence-corrected chi connectivity index (χ1v) is 10.2. The van der Waals surface area contributed by atoms with Gasteiger partial charge in [-0.3, -0.25) is 15.6 Å². The number of likely N-dealkylation sites (tertiary alicyclic amines) is 1. The van der Waals surface area contributed by atoms with Crippen molar-refractivity contribution in [3.05, 3.63) is 53.7 Å². The molecular formula is C21H25N7O. The molecule has 8 heteroatoms. The molecule has 1 amide bonds. The molecule has 0 bridgehead atoms. The Morgan fingerprint density at radius 2 is 1.97 bits per heavy atom. The van der Waals surface area contributed by atoms with E-state index in [2.05, 4.69) is 56.5 Å². The fourth-order valence-electron chi connectivity index (χ4n) is 4.67. The second-order valence-electron chi connectivity index (χ2n) is 7.98. The van der Waals surface area contributed by atoms with Crippen LogP contribution in [0.2, 0.25) is 0 Å². The lowest BCUT2D eigenvalue weighted by molar-refractivity contribution is 0.0670. The summed E-state index contributed by atoms with van der Waals surface area (Å²) in [5.74, 6) is 1.03. The molecule has 2 atom stereocenters. The Morgan fingerprint density at radius 1 is 1.17 bits per heavy atom. The van der Waals surface area contributed by atoms with Crippen LogP contribution in [0, 0.1) is 5.92 Å². The van der Waals surface area contributed by atoms with E-state index in [1.165, 1.54) is 5.56 Å². The highest BCUT2D eigenvalue weighted by atomic mass is 16.2. The molecule has 2 aliphatic heterocycles. The highest BCUT2D eigenvalue weighted by Crippen LogP contribution is 2.32. The van der Waals surface area contributed by atoms with Crippen LogP contribution >= 0.6 is 0 Å². The SMILES string of the molecule is Cn1nnc2cc(C(=O)N3CCC(C4NNCC4c4ccccc4)CC3)cnc21. The lowest BCUT2D eigenvalue weighted by atomic mass is 9.80. The topological polar surface area (TPSA) is 88.0 Å². The standard InChI is InChI=1S/C21H25N7O/c1-27-20-18(24-26-27)11-16(12-22-20)21(29)28-9-7-15(8-10-28)19-17(13-23-25-19)14-5-3-2-4-6-14/h2-6,11-12,15,17,19,23,25H,7-10,13H2,1H3. The van der Waals surface area contributed by atoms with Gasteiger partial charge in [-0.1, -0.05) is 35.5 Å². The summed E-state index contributed by atoms with van der Waals surface area (Å²) in [6.07, 6.45) is 3.62. The Balaban J connectivity index is 1.25. The van der Waals surface area contributed by atoms with Crippen molar-refractivity contribution in [3.8, 4) is 0 Å². The van der Waals surface area contributed by atoms with E-state index >= 15 is 0 Å². The van der Waals surface area contributed by atoms with Gasteiger partial charge in [-0.2, -0.15) is 0 Å². The van der Waals surface area contributed by atoms with Crippen LogP contribution in [0.3, 0.4) is 0 Å². The zero-order valence-electron chi connectivity index (χ0n) is 16.5. The molecule has 2 aliphatic rings. The van der Waals surface area contributed by atoms with Gasteiger partial charge in [-0.15, -0.1) is 5.10 Å². The quantitative estimate of drug-likeness (QED) is 0.703. The number of aryl methyl sites for hydroxylation is 1. The number of carbonyl (C=O) groups is 1. The highest BCUT2D eigenvalue weighted by molar-refractivity contribution is 5.96. The van der Waals surface area contributed by atoms with E-state index in [0.29, 0.717) is 34.6 Å². The third-order valence-electron chi connectivity index (χ3n) is 6.27. The number of benzene rings is 1. The highest BCUT2D eigenvalue weighted by Gasteiger charge is 2.37. The normalized spacial score (nSPS) is 23.0. The molecule has 2 saturated heterocycles. The minimum atomic E-state index is 0.0284. The number of hydrogen-bond donors (Lipinski definition) is 2. The Labute approximate surface area is 169 Å². The van der Waals surface area contributed by atoms with Crippen LogP contribution in [0.4, 0.5) is 0 Å². The number of piperidine rings is 1. The molecule has 0 radical (unpaired) electrons. The first-order chi connectivity index (χ1) is 14.2. The third kappa shape index (κ3) is 3.38. The monoisotopic (exact) mass is 391 g/mol. The zero-order chi connectivity index (χ0) is 19.8. The molecule has 2 aromatic heterocycles. The molecule has 150 valence electrons. The van der Waals surface area contributed by atoms with Gasteiger partial charge in [0.25, 0.3) is 5.91 Å². The molecule has 0 spiro atoms. The number of amides is 1. The summed E-state index contributed by atoms with van der Waals surface area (Å²) in [7, 11) is 1.79. The number of nitrogens with one attached hydrogen (secondary N) is 2. The van der Waals surface area contributed by atoms with Crippen LogP contribution in [-0.2, 0) is 7.05 Å². The average Bonchev–Trinajstić information content (AvgIpc) is 3.41. The fraction of sp³-hybridized carbons (Fsp3) is 0.429. The predicted octanol–water partition coefficient (Wildman–Crippen LogP) is 1.48. The van der Waals surface area contributed by atoms with Crippen molar-refractivity contribution >= 4 is 17.1 Å². The van der Waals surface area contributed by atoms with E-state index in [9.17, 15) is 4.79 Å². The maximum Gasteiger partial charge on any atom is 0.255 e. The van der Waals surface area contributed by atoms with Gasteiger partial charge in [0.05, 0.1) is 5.56 Å². The third-order valence-corrected chi connectivity index (χ3v) is 6.27. The molecule has 8 nitrogen and oxygen atoms in total. The van der Waals surface area contributed by atoms with Gasteiger partial charge in [-0.05, 0) is 30.4 Å². The molecule has 29 heavy (non-hydrogen) atoms. The molecular weight excluding hydrogens is 366 g/mol. The van der Waals surface area contributed by atoms with E-state index in [1.807, 2.05) is 4.90 Å². The van der Waals surface area contributed by atoms with Gasteiger partial charge >= 0.3 is 0 Å². The van der Waals surface area contributed by atoms with E-state index in [1.54, 1.807) is 24.0 Å². The van der Waals surface area contributed by atoms with Gasteiger partial charge in [0.2, 0.25) is 0 Å². The second-order valence-corrected chi connectivity index (χ2v) is 7.98. The van der Waals surface area contributed by atoms with Crippen LogP contribution < -0.4 is 10.9 Å². The van der Waals surface area contributed by atoms with Gasteiger partial charge < -0.3 is 4.90 Å².